The fourth-order valence-electron chi connectivity index (χ4n) is 2.21. The Balaban J connectivity index is 2.43. The van der Waals surface area contributed by atoms with Crippen LogP contribution < -0.4 is 5.32 Å². The van der Waals surface area contributed by atoms with Crippen LogP contribution in [-0.2, 0) is 9.59 Å². The van der Waals surface area contributed by atoms with E-state index in [9.17, 15) is 9.59 Å². The smallest absolute Gasteiger partial charge is 0.238 e. The van der Waals surface area contributed by atoms with E-state index < -0.39 is 0 Å². The third-order valence-corrected chi connectivity index (χ3v) is 4.78. The van der Waals surface area contributed by atoms with Gasteiger partial charge in [0.15, 0.2) is 5.82 Å². The van der Waals surface area contributed by atoms with Gasteiger partial charge in [0.25, 0.3) is 0 Å². The molecule has 0 saturated carbocycles. The van der Waals surface area contributed by atoms with E-state index in [1.54, 1.807) is 19.9 Å². The van der Waals surface area contributed by atoms with Gasteiger partial charge in [-0.25, -0.2) is 0 Å². The largest absolute Gasteiger partial charge is 0.360 e. The van der Waals surface area contributed by atoms with Gasteiger partial charge in [0.1, 0.15) is 5.76 Å². The lowest BCUT2D eigenvalue weighted by Gasteiger charge is -2.27. The molecule has 7 heteroatoms. The van der Waals surface area contributed by atoms with E-state index in [0.29, 0.717) is 17.3 Å². The van der Waals surface area contributed by atoms with Crippen molar-refractivity contribution < 1.29 is 14.1 Å². The van der Waals surface area contributed by atoms with Gasteiger partial charge in [-0.1, -0.05) is 24.9 Å². The first-order chi connectivity index (χ1) is 11.3. The summed E-state index contributed by atoms with van der Waals surface area (Å²) in [4.78, 5) is 26.4. The summed E-state index contributed by atoms with van der Waals surface area (Å²) in [6.07, 6.45) is 3.28. The van der Waals surface area contributed by atoms with Gasteiger partial charge in [0.05, 0.1) is 11.0 Å². The Hall–Kier alpha value is -1.50. The predicted molar refractivity (Wildman–Crippen MR) is 98.2 cm³/mol. The molecule has 0 fully saturated rings. The summed E-state index contributed by atoms with van der Waals surface area (Å²) in [6, 6.07) is 1.84. The third kappa shape index (κ3) is 6.95. The van der Waals surface area contributed by atoms with Gasteiger partial charge in [-0.15, -0.1) is 11.8 Å². The average molecular weight is 356 g/mol. The maximum absolute atomic E-state index is 12.4. The number of nitrogens with one attached hydrogen (secondary N) is 1. The highest BCUT2D eigenvalue weighted by Gasteiger charge is 2.20. The van der Waals surface area contributed by atoms with E-state index in [4.69, 9.17) is 4.52 Å². The Morgan fingerprint density at radius 1 is 1.33 bits per heavy atom. The van der Waals surface area contributed by atoms with Crippen LogP contribution in [0.4, 0.5) is 5.82 Å². The number of thioether (sulfide) groups is 1. The van der Waals surface area contributed by atoms with Crippen molar-refractivity contribution in [1.82, 2.24) is 10.1 Å². The highest BCUT2D eigenvalue weighted by atomic mass is 32.2. The van der Waals surface area contributed by atoms with E-state index in [1.807, 2.05) is 18.7 Å². The Morgan fingerprint density at radius 3 is 2.58 bits per heavy atom. The van der Waals surface area contributed by atoms with Crippen molar-refractivity contribution in [1.29, 1.82) is 0 Å². The highest BCUT2D eigenvalue weighted by molar-refractivity contribution is 8.01. The number of hydrogen-bond acceptors (Lipinski definition) is 5. The molecule has 136 valence electrons. The molecule has 0 bridgehead atoms. The monoisotopic (exact) mass is 355 g/mol. The molecule has 0 saturated heterocycles. The second-order valence-electron chi connectivity index (χ2n) is 6.15. The molecule has 1 heterocycles. The lowest BCUT2D eigenvalue weighted by Crippen LogP contribution is -2.39. The second-order valence-corrected chi connectivity index (χ2v) is 7.48. The van der Waals surface area contributed by atoms with Crippen LogP contribution in [0.25, 0.3) is 0 Å². The van der Waals surface area contributed by atoms with Crippen LogP contribution in [0.2, 0.25) is 0 Å². The van der Waals surface area contributed by atoms with Crippen LogP contribution in [0.5, 0.6) is 0 Å². The second kappa shape index (κ2) is 10.4. The van der Waals surface area contributed by atoms with Crippen molar-refractivity contribution in [3.8, 4) is 0 Å². The molecule has 0 aliphatic heterocycles. The number of aromatic nitrogens is 1. The van der Waals surface area contributed by atoms with E-state index >= 15 is 0 Å². The van der Waals surface area contributed by atoms with Crippen molar-refractivity contribution in [2.75, 3.05) is 17.6 Å². The van der Waals surface area contributed by atoms with Crippen LogP contribution >= 0.6 is 11.8 Å². The Labute approximate surface area is 148 Å². The zero-order valence-electron chi connectivity index (χ0n) is 15.3. The minimum atomic E-state index is -0.337. The van der Waals surface area contributed by atoms with Crippen LogP contribution in [0, 0.1) is 6.92 Å². The van der Waals surface area contributed by atoms with Crippen LogP contribution in [0.3, 0.4) is 0 Å². The number of aryl methyl sites for hydroxylation is 1. The molecular weight excluding hydrogens is 326 g/mol. The van der Waals surface area contributed by atoms with Gasteiger partial charge in [-0.05, 0) is 34.1 Å². The maximum atomic E-state index is 12.4. The molecule has 0 spiro atoms. The molecule has 0 radical (unpaired) electrons. The number of carbonyl (C=O) groups excluding carboxylic acids is 2. The maximum Gasteiger partial charge on any atom is 0.238 e. The molecular formula is C17H29N3O3S. The zero-order chi connectivity index (χ0) is 18.1. The van der Waals surface area contributed by atoms with E-state index in [0.717, 1.165) is 25.8 Å². The average Bonchev–Trinajstić information content (AvgIpc) is 2.93. The number of nitrogens with zero attached hydrogens (tertiary/aromatic N) is 2. The van der Waals surface area contributed by atoms with Crippen molar-refractivity contribution in [2.45, 2.75) is 65.2 Å². The fraction of sp³-hybridized carbons (Fsp3) is 0.706. The summed E-state index contributed by atoms with van der Waals surface area (Å²) in [5.41, 5.74) is 0. The lowest BCUT2D eigenvalue weighted by atomic mass is 10.2. The number of hydrogen-bond donors (Lipinski definition) is 1. The Bertz CT molecular complexity index is 531. The molecule has 1 aromatic rings. The molecule has 1 unspecified atom stereocenters. The first-order valence-corrected chi connectivity index (χ1v) is 9.55. The molecule has 6 nitrogen and oxygen atoms in total. The minimum Gasteiger partial charge on any atom is -0.360 e. The molecule has 0 aliphatic rings. The molecule has 1 atom stereocenters. The lowest BCUT2D eigenvalue weighted by molar-refractivity contribution is -0.130. The first-order valence-electron chi connectivity index (χ1n) is 8.50. The van der Waals surface area contributed by atoms with E-state index in [1.165, 1.54) is 11.8 Å². The van der Waals surface area contributed by atoms with Crippen LogP contribution in [0.15, 0.2) is 10.6 Å². The number of rotatable bonds is 10. The van der Waals surface area contributed by atoms with E-state index in [2.05, 4.69) is 17.4 Å². The summed E-state index contributed by atoms with van der Waals surface area (Å²) in [6.45, 7) is 10.5. The highest BCUT2D eigenvalue weighted by Crippen LogP contribution is 2.16. The van der Waals surface area contributed by atoms with Crippen LogP contribution in [0.1, 0.15) is 52.7 Å². The summed E-state index contributed by atoms with van der Waals surface area (Å²) >= 11 is 1.34. The standard InChI is InChI=1S/C17H29N3O3S/c1-6-7-8-9-20(12(2)3)16(21)11-24-14(5)17(22)18-15-10-13(4)23-19-15/h10,12,14H,6-9,11H2,1-5H3,(H,18,19,22). The molecule has 1 aromatic heterocycles. The summed E-state index contributed by atoms with van der Waals surface area (Å²) in [5.74, 6) is 1.25. The van der Waals surface area contributed by atoms with Crippen molar-refractivity contribution in [3.63, 3.8) is 0 Å². The van der Waals surface area contributed by atoms with E-state index in [-0.39, 0.29) is 23.1 Å². The van der Waals surface area contributed by atoms with Crippen molar-refractivity contribution >= 4 is 29.4 Å². The topological polar surface area (TPSA) is 75.4 Å². The van der Waals surface area contributed by atoms with Crippen molar-refractivity contribution in [3.05, 3.63) is 11.8 Å². The van der Waals surface area contributed by atoms with Gasteiger partial charge in [0, 0.05) is 18.7 Å². The summed E-state index contributed by atoms with van der Waals surface area (Å²) in [5, 5.41) is 6.09. The summed E-state index contributed by atoms with van der Waals surface area (Å²) in [7, 11) is 0. The van der Waals surface area contributed by atoms with Gasteiger partial charge < -0.3 is 14.7 Å². The first kappa shape index (κ1) is 20.5. The van der Waals surface area contributed by atoms with Gasteiger partial charge in [-0.3, -0.25) is 9.59 Å². The number of carbonyl (C=O) groups is 2. The molecule has 1 N–H and O–H groups in total. The quantitative estimate of drug-likeness (QED) is 0.650. The number of anilines is 1. The normalized spacial score (nSPS) is 12.2. The minimum absolute atomic E-state index is 0.0861. The molecule has 0 aliphatic carbocycles. The van der Waals surface area contributed by atoms with Gasteiger partial charge in [0.2, 0.25) is 11.8 Å². The fourth-order valence-corrected chi connectivity index (χ4v) is 2.98. The molecule has 0 aromatic carbocycles. The zero-order valence-corrected chi connectivity index (χ0v) is 16.1. The SMILES string of the molecule is CCCCCN(C(=O)CSC(C)C(=O)Nc1cc(C)on1)C(C)C. The van der Waals surface area contributed by atoms with Gasteiger partial charge >= 0.3 is 0 Å². The predicted octanol–water partition coefficient (Wildman–Crippen LogP) is 3.47. The molecule has 24 heavy (non-hydrogen) atoms. The van der Waals surface area contributed by atoms with Crippen molar-refractivity contribution in [2.24, 2.45) is 0 Å². The summed E-state index contributed by atoms with van der Waals surface area (Å²) < 4.78 is 4.92. The third-order valence-electron chi connectivity index (χ3n) is 3.65. The number of amides is 2. The Morgan fingerprint density at radius 2 is 2.04 bits per heavy atom. The molecule has 1 rings (SSSR count). The Kier molecular flexibility index (Phi) is 8.89. The van der Waals surface area contributed by atoms with Crippen LogP contribution in [-0.4, -0.2) is 45.5 Å². The molecule has 2 amide bonds. The van der Waals surface area contributed by atoms with Gasteiger partial charge in [-0.2, -0.15) is 0 Å². The number of unbranched alkanes of at least 4 members (excludes halogenated alkanes) is 2.